The molecule has 3 rings (SSSR count). The van der Waals surface area contributed by atoms with Crippen LogP contribution in [0.3, 0.4) is 0 Å². The minimum atomic E-state index is -3.80. The van der Waals surface area contributed by atoms with E-state index in [4.69, 9.17) is 11.6 Å². The van der Waals surface area contributed by atoms with Crippen molar-refractivity contribution < 1.29 is 22.0 Å². The van der Waals surface area contributed by atoms with E-state index in [1.165, 1.54) is 6.20 Å². The van der Waals surface area contributed by atoms with Gasteiger partial charge in [-0.1, -0.05) is 18.5 Å². The van der Waals surface area contributed by atoms with Crippen LogP contribution < -0.4 is 4.72 Å². The van der Waals surface area contributed by atoms with Gasteiger partial charge in [0.25, 0.3) is 0 Å². The normalized spacial score (nSPS) is 11.8. The van der Waals surface area contributed by atoms with Crippen LogP contribution in [0.1, 0.15) is 35.0 Å². The largest absolute Gasteiger partial charge is 0.342 e. The molecule has 0 aliphatic rings. The third kappa shape index (κ3) is 4.40. The summed E-state index contributed by atoms with van der Waals surface area (Å²) in [6, 6.07) is 3.42. The number of sulfonamides is 1. The lowest BCUT2D eigenvalue weighted by atomic mass is 10.0. The van der Waals surface area contributed by atoms with Crippen LogP contribution >= 0.6 is 11.6 Å². The molecule has 2 heterocycles. The molecule has 0 saturated heterocycles. The molecular weight excluding hydrogens is 424 g/mol. The topological polar surface area (TPSA) is 91.9 Å². The number of nitrogens with zero attached hydrogens (tertiary/aromatic N) is 1. The number of nitrogens with one attached hydrogen (secondary N) is 2. The zero-order valence-corrected chi connectivity index (χ0v) is 17.2. The summed E-state index contributed by atoms with van der Waals surface area (Å²) in [5.74, 6) is -3.40. The zero-order valence-electron chi connectivity index (χ0n) is 15.6. The molecule has 2 N–H and O–H groups in total. The molecule has 29 heavy (non-hydrogen) atoms. The molecular formula is C19H18ClF2N3O3S. The number of benzene rings is 1. The van der Waals surface area contributed by atoms with E-state index in [0.29, 0.717) is 33.7 Å². The quantitative estimate of drug-likeness (QED) is 0.532. The number of Topliss-reactive ketones (excluding diaryl/α,β-unsaturated/α-hetero) is 1. The summed E-state index contributed by atoms with van der Waals surface area (Å²) in [5, 5.41) is 1.04. The van der Waals surface area contributed by atoms with Crippen LogP contribution in [-0.4, -0.2) is 29.9 Å². The van der Waals surface area contributed by atoms with Crippen molar-refractivity contribution in [3.63, 3.8) is 0 Å². The van der Waals surface area contributed by atoms with E-state index < -0.39 is 38.7 Å². The van der Waals surface area contributed by atoms with Gasteiger partial charge in [-0.2, -0.15) is 0 Å². The molecule has 154 valence electrons. The Hall–Kier alpha value is -2.52. The summed E-state index contributed by atoms with van der Waals surface area (Å²) in [6.07, 6.45) is 1.40. The summed E-state index contributed by atoms with van der Waals surface area (Å²) < 4.78 is 54.8. The minimum Gasteiger partial charge on any atom is -0.342 e. The highest BCUT2D eigenvalue weighted by Crippen LogP contribution is 2.28. The number of carbonyl (C=O) groups is 1. The van der Waals surface area contributed by atoms with Gasteiger partial charge in [-0.25, -0.2) is 22.2 Å². The Balaban J connectivity index is 1.93. The van der Waals surface area contributed by atoms with Crippen molar-refractivity contribution in [3.8, 4) is 0 Å². The Bertz CT molecular complexity index is 1210. The van der Waals surface area contributed by atoms with Crippen molar-refractivity contribution >= 4 is 44.1 Å². The Morgan fingerprint density at radius 3 is 2.72 bits per heavy atom. The fourth-order valence-electron chi connectivity index (χ4n) is 2.95. The molecule has 0 amide bonds. The van der Waals surface area contributed by atoms with E-state index in [9.17, 15) is 22.0 Å². The molecule has 0 unspecified atom stereocenters. The van der Waals surface area contributed by atoms with Gasteiger partial charge >= 0.3 is 0 Å². The highest BCUT2D eigenvalue weighted by Gasteiger charge is 2.23. The standard InChI is InChI=1S/C19H18ClF2N3O3S/c1-3-6-29(27,28)25-14-5-4-13(21)16(18(14)22)15(26)8-11-7-12-17(20)10(2)24-19(12)23-9-11/h4-5,7,9,25H,3,6,8H2,1-2H3,(H,23,24). The Labute approximate surface area is 171 Å². The molecule has 10 heteroatoms. The van der Waals surface area contributed by atoms with Crippen LogP contribution in [0.5, 0.6) is 0 Å². The van der Waals surface area contributed by atoms with Crippen molar-refractivity contribution in [1.82, 2.24) is 9.97 Å². The number of aromatic amines is 1. The maximum Gasteiger partial charge on any atom is 0.232 e. The van der Waals surface area contributed by atoms with Gasteiger partial charge in [-0.3, -0.25) is 9.52 Å². The molecule has 0 bridgehead atoms. The van der Waals surface area contributed by atoms with Crippen molar-refractivity contribution in [1.29, 1.82) is 0 Å². The predicted molar refractivity (Wildman–Crippen MR) is 108 cm³/mol. The number of fused-ring (bicyclic) bond motifs is 1. The molecule has 0 radical (unpaired) electrons. The first-order chi connectivity index (χ1) is 13.6. The maximum atomic E-state index is 14.7. The van der Waals surface area contributed by atoms with Crippen molar-refractivity contribution in [2.75, 3.05) is 10.5 Å². The van der Waals surface area contributed by atoms with Crippen LogP contribution in [0.15, 0.2) is 24.4 Å². The summed E-state index contributed by atoms with van der Waals surface area (Å²) in [4.78, 5) is 19.8. The summed E-state index contributed by atoms with van der Waals surface area (Å²) in [5.41, 5.74) is 0.383. The van der Waals surface area contributed by atoms with Crippen LogP contribution in [0.25, 0.3) is 11.0 Å². The fraction of sp³-hybridized carbons (Fsp3) is 0.263. The average molecular weight is 442 g/mol. The van der Waals surface area contributed by atoms with Crippen LogP contribution in [0.2, 0.25) is 5.02 Å². The number of ketones is 1. The van der Waals surface area contributed by atoms with E-state index >= 15 is 0 Å². The smallest absolute Gasteiger partial charge is 0.232 e. The number of hydrogen-bond donors (Lipinski definition) is 2. The first kappa shape index (κ1) is 21.2. The zero-order chi connectivity index (χ0) is 21.3. The number of halogens is 3. The number of aromatic nitrogens is 2. The second-order valence-electron chi connectivity index (χ2n) is 6.61. The number of anilines is 1. The Kier molecular flexibility index (Phi) is 5.90. The molecule has 3 aromatic rings. The number of H-pyrrole nitrogens is 1. The summed E-state index contributed by atoms with van der Waals surface area (Å²) >= 11 is 6.18. The SMILES string of the molecule is CCCS(=O)(=O)Nc1ccc(F)c(C(=O)Cc2cnc3[nH]c(C)c(Cl)c3c2)c1F. The molecule has 0 spiro atoms. The molecule has 0 aliphatic heterocycles. The van der Waals surface area contributed by atoms with Crippen molar-refractivity contribution in [2.24, 2.45) is 0 Å². The lowest BCUT2D eigenvalue weighted by Crippen LogP contribution is -2.19. The molecule has 0 fully saturated rings. The molecule has 6 nitrogen and oxygen atoms in total. The first-order valence-corrected chi connectivity index (χ1v) is 10.8. The number of carbonyl (C=O) groups excluding carboxylic acids is 1. The molecule has 2 aromatic heterocycles. The first-order valence-electron chi connectivity index (χ1n) is 8.77. The Morgan fingerprint density at radius 2 is 2.03 bits per heavy atom. The predicted octanol–water partition coefficient (Wildman–Crippen LogP) is 4.38. The van der Waals surface area contributed by atoms with Gasteiger partial charge in [-0.05, 0) is 37.1 Å². The number of rotatable bonds is 7. The van der Waals surface area contributed by atoms with Gasteiger partial charge in [0.05, 0.1) is 22.0 Å². The van der Waals surface area contributed by atoms with Gasteiger partial charge in [0.15, 0.2) is 11.6 Å². The number of pyridine rings is 1. The van der Waals surface area contributed by atoms with Crippen LogP contribution in [0, 0.1) is 18.6 Å². The lowest BCUT2D eigenvalue weighted by molar-refractivity contribution is 0.0985. The van der Waals surface area contributed by atoms with Gasteiger partial charge in [0, 0.05) is 23.7 Å². The van der Waals surface area contributed by atoms with Gasteiger partial charge < -0.3 is 4.98 Å². The van der Waals surface area contributed by atoms with Crippen LogP contribution in [0.4, 0.5) is 14.5 Å². The third-order valence-electron chi connectivity index (χ3n) is 4.29. The second-order valence-corrected chi connectivity index (χ2v) is 8.83. The van der Waals surface area contributed by atoms with E-state index in [0.717, 1.165) is 12.1 Å². The third-order valence-corrected chi connectivity index (χ3v) is 6.25. The summed E-state index contributed by atoms with van der Waals surface area (Å²) in [6.45, 7) is 3.42. The Morgan fingerprint density at radius 1 is 1.31 bits per heavy atom. The monoisotopic (exact) mass is 441 g/mol. The lowest BCUT2D eigenvalue weighted by Gasteiger charge is -2.11. The van der Waals surface area contributed by atoms with Crippen LogP contribution in [-0.2, 0) is 16.4 Å². The van der Waals surface area contributed by atoms with Crippen molar-refractivity contribution in [2.45, 2.75) is 26.7 Å². The van der Waals surface area contributed by atoms with Gasteiger partial charge in [0.2, 0.25) is 10.0 Å². The minimum absolute atomic E-state index is 0.227. The van der Waals surface area contributed by atoms with E-state index in [1.54, 1.807) is 19.9 Å². The fourth-order valence-corrected chi connectivity index (χ4v) is 4.28. The maximum absolute atomic E-state index is 14.7. The van der Waals surface area contributed by atoms with Gasteiger partial charge in [0.1, 0.15) is 11.5 Å². The number of aryl methyl sites for hydroxylation is 1. The number of hydrogen-bond acceptors (Lipinski definition) is 4. The highest BCUT2D eigenvalue weighted by atomic mass is 35.5. The summed E-state index contributed by atoms with van der Waals surface area (Å²) in [7, 11) is -3.80. The van der Waals surface area contributed by atoms with E-state index in [1.807, 2.05) is 0 Å². The average Bonchev–Trinajstić information content (AvgIpc) is 2.92. The van der Waals surface area contributed by atoms with E-state index in [-0.39, 0.29) is 12.2 Å². The second kappa shape index (κ2) is 8.08. The molecule has 0 atom stereocenters. The van der Waals surface area contributed by atoms with E-state index in [2.05, 4.69) is 14.7 Å². The highest BCUT2D eigenvalue weighted by molar-refractivity contribution is 7.92. The molecule has 0 aliphatic carbocycles. The van der Waals surface area contributed by atoms with Crippen molar-refractivity contribution in [3.05, 3.63) is 57.9 Å². The molecule has 0 saturated carbocycles. The molecule has 1 aromatic carbocycles. The van der Waals surface area contributed by atoms with Gasteiger partial charge in [-0.15, -0.1) is 0 Å².